The van der Waals surface area contributed by atoms with E-state index < -0.39 is 23.1 Å². The highest BCUT2D eigenvalue weighted by Gasteiger charge is 2.14. The lowest BCUT2D eigenvalue weighted by Crippen LogP contribution is -2.18. The van der Waals surface area contributed by atoms with E-state index in [1.807, 2.05) is 0 Å². The number of nitrogens with two attached hydrogens (primary N) is 1. The van der Waals surface area contributed by atoms with Gasteiger partial charge in [0.05, 0.1) is 11.4 Å². The minimum Gasteiger partial charge on any atom is -0.397 e. The van der Waals surface area contributed by atoms with Crippen molar-refractivity contribution >= 4 is 23.0 Å². The van der Waals surface area contributed by atoms with E-state index in [4.69, 9.17) is 5.73 Å². The molecule has 7 heteroatoms. The van der Waals surface area contributed by atoms with Gasteiger partial charge in [0.1, 0.15) is 11.5 Å². The fraction of sp³-hybridized carbons (Fsp3) is 0.0714. The van der Waals surface area contributed by atoms with Gasteiger partial charge in [-0.3, -0.25) is 4.79 Å². The molecule has 0 aliphatic heterocycles. The second kappa shape index (κ2) is 5.74. The molecule has 2 aromatic carbocycles. The van der Waals surface area contributed by atoms with Crippen molar-refractivity contribution in [1.29, 1.82) is 0 Å². The number of benzene rings is 2. The van der Waals surface area contributed by atoms with Crippen molar-refractivity contribution in [3.8, 4) is 0 Å². The molecule has 4 N–H and O–H groups in total. The number of nitrogens with one attached hydrogen (secondary N) is 2. The van der Waals surface area contributed by atoms with Gasteiger partial charge in [0.25, 0.3) is 5.91 Å². The van der Waals surface area contributed by atoms with Gasteiger partial charge in [-0.05, 0) is 18.2 Å². The first-order valence-electron chi connectivity index (χ1n) is 5.95. The van der Waals surface area contributed by atoms with E-state index in [1.54, 1.807) is 0 Å². The van der Waals surface area contributed by atoms with Crippen molar-refractivity contribution in [3.05, 3.63) is 53.3 Å². The van der Waals surface area contributed by atoms with Crippen molar-refractivity contribution in [2.45, 2.75) is 0 Å². The zero-order valence-corrected chi connectivity index (χ0v) is 11.0. The fourth-order valence-electron chi connectivity index (χ4n) is 1.75. The number of amides is 1. The van der Waals surface area contributed by atoms with Crippen molar-refractivity contribution in [2.24, 2.45) is 0 Å². The molecule has 21 heavy (non-hydrogen) atoms. The van der Waals surface area contributed by atoms with Crippen molar-refractivity contribution in [2.75, 3.05) is 18.1 Å². The largest absolute Gasteiger partial charge is 0.397 e. The van der Waals surface area contributed by atoms with Crippen LogP contribution in [0.1, 0.15) is 10.4 Å². The second-order valence-corrected chi connectivity index (χ2v) is 4.25. The SMILES string of the molecule is CNC(=O)c1ccc(N)c(Nc2c(F)cc(F)cc2F)c1. The fourth-order valence-corrected chi connectivity index (χ4v) is 1.75. The standard InChI is InChI=1S/C14H12F3N3O/c1-19-14(21)7-2-3-11(18)12(4-7)20-13-9(16)5-8(15)6-10(13)17/h2-6,20H,18H2,1H3,(H,19,21). The summed E-state index contributed by atoms with van der Waals surface area (Å²) < 4.78 is 40.0. The Hall–Kier alpha value is -2.70. The van der Waals surface area contributed by atoms with Crippen LogP contribution >= 0.6 is 0 Å². The first kappa shape index (κ1) is 14.7. The number of anilines is 3. The van der Waals surface area contributed by atoms with Gasteiger partial charge < -0.3 is 16.4 Å². The predicted molar refractivity (Wildman–Crippen MR) is 73.8 cm³/mol. The molecule has 0 saturated carbocycles. The number of carbonyl (C=O) groups excluding carboxylic acids is 1. The van der Waals surface area contributed by atoms with Crippen LogP contribution in [-0.2, 0) is 0 Å². The van der Waals surface area contributed by atoms with Gasteiger partial charge >= 0.3 is 0 Å². The Morgan fingerprint density at radius 2 is 1.71 bits per heavy atom. The summed E-state index contributed by atoms with van der Waals surface area (Å²) in [7, 11) is 1.45. The summed E-state index contributed by atoms with van der Waals surface area (Å²) in [6.45, 7) is 0. The lowest BCUT2D eigenvalue weighted by atomic mass is 10.1. The zero-order valence-electron chi connectivity index (χ0n) is 11.0. The number of nitrogen functional groups attached to an aromatic ring is 1. The van der Waals surface area contributed by atoms with E-state index in [9.17, 15) is 18.0 Å². The Labute approximate surface area is 118 Å². The van der Waals surface area contributed by atoms with Crippen molar-refractivity contribution in [3.63, 3.8) is 0 Å². The van der Waals surface area contributed by atoms with E-state index in [2.05, 4.69) is 10.6 Å². The Morgan fingerprint density at radius 1 is 1.10 bits per heavy atom. The van der Waals surface area contributed by atoms with Gasteiger partial charge in [-0.15, -0.1) is 0 Å². The quantitative estimate of drug-likeness (QED) is 0.763. The molecular weight excluding hydrogens is 283 g/mol. The normalized spacial score (nSPS) is 10.3. The minimum absolute atomic E-state index is 0.139. The summed E-state index contributed by atoms with van der Waals surface area (Å²) in [5, 5.41) is 4.85. The molecule has 2 aromatic rings. The molecule has 0 heterocycles. The van der Waals surface area contributed by atoms with Crippen molar-refractivity contribution in [1.82, 2.24) is 5.32 Å². The monoisotopic (exact) mass is 295 g/mol. The number of hydrogen-bond acceptors (Lipinski definition) is 3. The van der Waals surface area contributed by atoms with E-state index in [1.165, 1.54) is 25.2 Å². The summed E-state index contributed by atoms with van der Waals surface area (Å²) in [5.74, 6) is -3.60. The molecule has 0 radical (unpaired) electrons. The first-order valence-corrected chi connectivity index (χ1v) is 5.95. The molecule has 0 aliphatic carbocycles. The van der Waals surface area contributed by atoms with Crippen LogP contribution in [0.15, 0.2) is 30.3 Å². The zero-order chi connectivity index (χ0) is 15.6. The molecule has 110 valence electrons. The van der Waals surface area contributed by atoms with Gasteiger partial charge in [0, 0.05) is 24.7 Å². The van der Waals surface area contributed by atoms with Crippen LogP contribution in [0.3, 0.4) is 0 Å². The Balaban J connectivity index is 2.42. The van der Waals surface area contributed by atoms with Gasteiger partial charge in [0.2, 0.25) is 0 Å². The lowest BCUT2D eigenvalue weighted by molar-refractivity contribution is 0.0963. The highest BCUT2D eigenvalue weighted by Crippen LogP contribution is 2.28. The summed E-state index contributed by atoms with van der Waals surface area (Å²) in [4.78, 5) is 11.5. The Bertz CT molecular complexity index is 681. The minimum atomic E-state index is -1.10. The maximum Gasteiger partial charge on any atom is 0.251 e. The van der Waals surface area contributed by atoms with Crippen LogP contribution in [0.5, 0.6) is 0 Å². The third-order valence-corrected chi connectivity index (χ3v) is 2.81. The molecule has 1 amide bonds. The maximum absolute atomic E-state index is 13.6. The topological polar surface area (TPSA) is 67.2 Å². The number of hydrogen-bond donors (Lipinski definition) is 3. The molecule has 0 atom stereocenters. The number of rotatable bonds is 3. The Morgan fingerprint density at radius 3 is 2.29 bits per heavy atom. The predicted octanol–water partition coefficient (Wildman–Crippen LogP) is 2.79. The molecule has 0 spiro atoms. The number of halogens is 3. The van der Waals surface area contributed by atoms with Crippen LogP contribution in [0.4, 0.5) is 30.2 Å². The molecule has 0 unspecified atom stereocenters. The third kappa shape index (κ3) is 3.07. The molecule has 0 aromatic heterocycles. The van der Waals surface area contributed by atoms with Gasteiger partial charge in [-0.2, -0.15) is 0 Å². The molecule has 4 nitrogen and oxygen atoms in total. The first-order chi connectivity index (χ1) is 9.92. The van der Waals surface area contributed by atoms with E-state index >= 15 is 0 Å². The number of carbonyl (C=O) groups is 1. The van der Waals surface area contributed by atoms with Crippen LogP contribution in [0.25, 0.3) is 0 Å². The molecule has 0 bridgehead atoms. The summed E-state index contributed by atoms with van der Waals surface area (Å²) in [6.07, 6.45) is 0. The van der Waals surface area contributed by atoms with Crippen LogP contribution in [0, 0.1) is 17.5 Å². The van der Waals surface area contributed by atoms with Gasteiger partial charge in [0.15, 0.2) is 11.6 Å². The van der Waals surface area contributed by atoms with Crippen LogP contribution in [-0.4, -0.2) is 13.0 Å². The third-order valence-electron chi connectivity index (χ3n) is 2.81. The average Bonchev–Trinajstić information content (AvgIpc) is 2.43. The average molecular weight is 295 g/mol. The highest BCUT2D eigenvalue weighted by molar-refractivity contribution is 5.96. The summed E-state index contributed by atoms with van der Waals surface area (Å²) in [6, 6.07) is 5.33. The molecular formula is C14H12F3N3O. The van der Waals surface area contributed by atoms with E-state index in [0.29, 0.717) is 12.1 Å². The lowest BCUT2D eigenvalue weighted by Gasteiger charge is -2.12. The smallest absolute Gasteiger partial charge is 0.251 e. The second-order valence-electron chi connectivity index (χ2n) is 4.25. The van der Waals surface area contributed by atoms with Crippen LogP contribution in [0.2, 0.25) is 0 Å². The van der Waals surface area contributed by atoms with E-state index in [-0.39, 0.29) is 22.8 Å². The van der Waals surface area contributed by atoms with Crippen molar-refractivity contribution < 1.29 is 18.0 Å². The molecule has 2 rings (SSSR count). The van der Waals surface area contributed by atoms with Gasteiger partial charge in [-0.1, -0.05) is 0 Å². The van der Waals surface area contributed by atoms with E-state index in [0.717, 1.165) is 0 Å². The Kier molecular flexibility index (Phi) is 4.02. The van der Waals surface area contributed by atoms with Crippen LogP contribution < -0.4 is 16.4 Å². The molecule has 0 saturated heterocycles. The maximum atomic E-state index is 13.6. The summed E-state index contributed by atoms with van der Waals surface area (Å²) in [5.41, 5.74) is 5.74. The molecule has 0 fully saturated rings. The highest BCUT2D eigenvalue weighted by atomic mass is 19.1. The molecule has 0 aliphatic rings. The summed E-state index contributed by atoms with van der Waals surface area (Å²) >= 11 is 0. The van der Waals surface area contributed by atoms with Gasteiger partial charge in [-0.25, -0.2) is 13.2 Å².